The number of hydrogen-bond donors (Lipinski definition) is 1. The summed E-state index contributed by atoms with van der Waals surface area (Å²) in [6.07, 6.45) is 7.88. The molecule has 2 aromatic rings. The highest BCUT2D eigenvalue weighted by Gasteiger charge is 2.37. The average Bonchev–Trinajstić information content (AvgIpc) is 3.21. The molecule has 2 fully saturated rings. The molecule has 6 heteroatoms. The largest absolute Gasteiger partial charge is 0.355 e. The quantitative estimate of drug-likeness (QED) is 0.939. The maximum atomic E-state index is 12.7. The highest BCUT2D eigenvalue weighted by atomic mass is 16.5. The van der Waals surface area contributed by atoms with Gasteiger partial charge in [-0.2, -0.15) is 0 Å². The van der Waals surface area contributed by atoms with Crippen molar-refractivity contribution in [3.63, 3.8) is 0 Å². The fourth-order valence-corrected chi connectivity index (χ4v) is 3.71. The first-order valence-corrected chi connectivity index (χ1v) is 8.11. The van der Waals surface area contributed by atoms with E-state index in [9.17, 15) is 4.79 Å². The van der Waals surface area contributed by atoms with Crippen molar-refractivity contribution in [1.29, 1.82) is 0 Å². The molecule has 2 atom stereocenters. The molecule has 1 amide bonds. The Morgan fingerprint density at radius 2 is 2.13 bits per heavy atom. The van der Waals surface area contributed by atoms with Crippen LogP contribution < -0.4 is 5.32 Å². The predicted octanol–water partition coefficient (Wildman–Crippen LogP) is 2.09. The highest BCUT2D eigenvalue weighted by molar-refractivity contribution is 5.93. The van der Waals surface area contributed by atoms with Crippen LogP contribution in [0.3, 0.4) is 0 Å². The summed E-state index contributed by atoms with van der Waals surface area (Å²) in [5.41, 5.74) is 1.18. The van der Waals surface area contributed by atoms with E-state index in [1.807, 2.05) is 24.1 Å². The molecule has 120 valence electrons. The van der Waals surface area contributed by atoms with Gasteiger partial charge < -0.3 is 14.7 Å². The van der Waals surface area contributed by atoms with Crippen molar-refractivity contribution in [2.24, 2.45) is 0 Å². The predicted molar refractivity (Wildman–Crippen MR) is 84.8 cm³/mol. The lowest BCUT2D eigenvalue weighted by atomic mass is 9.98. The van der Waals surface area contributed by atoms with Crippen LogP contribution in [0.2, 0.25) is 0 Å². The Kier molecular flexibility index (Phi) is 3.61. The average molecular weight is 312 g/mol. The second kappa shape index (κ2) is 5.77. The topological polar surface area (TPSA) is 71.3 Å². The van der Waals surface area contributed by atoms with Crippen molar-refractivity contribution < 1.29 is 9.32 Å². The second-order valence-electron chi connectivity index (χ2n) is 6.50. The van der Waals surface area contributed by atoms with Crippen LogP contribution in [-0.4, -0.2) is 46.1 Å². The van der Waals surface area contributed by atoms with E-state index in [0.29, 0.717) is 23.5 Å². The van der Waals surface area contributed by atoms with Crippen LogP contribution in [0, 0.1) is 0 Å². The van der Waals surface area contributed by atoms with E-state index in [2.05, 4.69) is 15.5 Å². The Labute approximate surface area is 134 Å². The molecule has 0 aliphatic carbocycles. The standard InChI is InChI=1S/C17H20N4O2/c1-21(14-7-12-4-5-13(8-14)19-12)17(22)15-9-16(23-20-15)11-3-2-6-18-10-11/h2-3,6,9-10,12-14,19H,4-5,7-8H2,1H3. The number of nitrogens with one attached hydrogen (secondary N) is 1. The van der Waals surface area contributed by atoms with Gasteiger partial charge in [0, 0.05) is 49.2 Å². The number of nitrogens with zero attached hydrogens (tertiary/aromatic N) is 3. The Morgan fingerprint density at radius 3 is 2.83 bits per heavy atom. The zero-order chi connectivity index (χ0) is 15.8. The molecule has 0 spiro atoms. The summed E-state index contributed by atoms with van der Waals surface area (Å²) >= 11 is 0. The van der Waals surface area contributed by atoms with Crippen LogP contribution in [0.4, 0.5) is 0 Å². The van der Waals surface area contributed by atoms with E-state index < -0.39 is 0 Å². The number of rotatable bonds is 3. The minimum absolute atomic E-state index is 0.0739. The van der Waals surface area contributed by atoms with Crippen LogP contribution in [0.25, 0.3) is 11.3 Å². The van der Waals surface area contributed by atoms with Gasteiger partial charge in [-0.3, -0.25) is 9.78 Å². The Balaban J connectivity index is 1.49. The third-order valence-electron chi connectivity index (χ3n) is 4.99. The minimum atomic E-state index is -0.0739. The number of carbonyl (C=O) groups is 1. The van der Waals surface area contributed by atoms with Crippen LogP contribution in [0.15, 0.2) is 35.1 Å². The first kappa shape index (κ1) is 14.4. The number of hydrogen-bond acceptors (Lipinski definition) is 5. The van der Waals surface area contributed by atoms with Crippen molar-refractivity contribution in [1.82, 2.24) is 20.4 Å². The molecule has 4 heterocycles. The zero-order valence-electron chi connectivity index (χ0n) is 13.1. The molecular formula is C17H20N4O2. The molecule has 2 aromatic heterocycles. The summed E-state index contributed by atoms with van der Waals surface area (Å²) < 4.78 is 5.31. The first-order chi connectivity index (χ1) is 11.2. The number of amides is 1. The molecule has 23 heavy (non-hydrogen) atoms. The second-order valence-corrected chi connectivity index (χ2v) is 6.50. The van der Waals surface area contributed by atoms with Gasteiger partial charge >= 0.3 is 0 Å². The Morgan fingerprint density at radius 1 is 1.35 bits per heavy atom. The Hall–Kier alpha value is -2.21. The minimum Gasteiger partial charge on any atom is -0.355 e. The molecule has 2 saturated heterocycles. The van der Waals surface area contributed by atoms with Gasteiger partial charge in [0.1, 0.15) is 0 Å². The number of piperidine rings is 1. The van der Waals surface area contributed by atoms with Crippen molar-refractivity contribution in [3.8, 4) is 11.3 Å². The molecule has 1 N–H and O–H groups in total. The third kappa shape index (κ3) is 2.74. The summed E-state index contributed by atoms with van der Waals surface area (Å²) in [5.74, 6) is 0.496. The SMILES string of the molecule is CN(C(=O)c1cc(-c2cccnc2)on1)C1CC2CCC(C1)N2. The molecule has 2 aliphatic rings. The Bertz CT molecular complexity index is 688. The van der Waals surface area contributed by atoms with Gasteiger partial charge in [-0.15, -0.1) is 0 Å². The van der Waals surface area contributed by atoms with Gasteiger partial charge in [0.2, 0.25) is 0 Å². The molecule has 2 bridgehead atoms. The third-order valence-corrected chi connectivity index (χ3v) is 4.99. The molecular weight excluding hydrogens is 292 g/mol. The molecule has 2 unspecified atom stereocenters. The van der Waals surface area contributed by atoms with Gasteiger partial charge in [0.25, 0.3) is 5.91 Å². The van der Waals surface area contributed by atoms with Gasteiger partial charge in [-0.1, -0.05) is 5.16 Å². The maximum absolute atomic E-state index is 12.7. The molecule has 2 aliphatic heterocycles. The lowest BCUT2D eigenvalue weighted by Crippen LogP contribution is -2.48. The molecule has 0 saturated carbocycles. The molecule has 4 rings (SSSR count). The summed E-state index contributed by atoms with van der Waals surface area (Å²) in [5, 5.41) is 7.55. The number of carbonyl (C=O) groups excluding carboxylic acids is 1. The molecule has 6 nitrogen and oxygen atoms in total. The zero-order valence-corrected chi connectivity index (χ0v) is 13.1. The lowest BCUT2D eigenvalue weighted by Gasteiger charge is -2.35. The monoisotopic (exact) mass is 312 g/mol. The van der Waals surface area contributed by atoms with Crippen molar-refractivity contribution in [3.05, 3.63) is 36.3 Å². The highest BCUT2D eigenvalue weighted by Crippen LogP contribution is 2.30. The van der Waals surface area contributed by atoms with E-state index in [1.54, 1.807) is 18.5 Å². The van der Waals surface area contributed by atoms with E-state index in [1.165, 1.54) is 12.8 Å². The van der Waals surface area contributed by atoms with Gasteiger partial charge in [0.15, 0.2) is 11.5 Å². The summed E-state index contributed by atoms with van der Waals surface area (Å²) in [7, 11) is 1.87. The maximum Gasteiger partial charge on any atom is 0.276 e. The number of fused-ring (bicyclic) bond motifs is 2. The molecule has 0 aromatic carbocycles. The van der Waals surface area contributed by atoms with Crippen LogP contribution in [-0.2, 0) is 0 Å². The van der Waals surface area contributed by atoms with Crippen molar-refractivity contribution in [2.75, 3.05) is 7.05 Å². The van der Waals surface area contributed by atoms with Crippen LogP contribution in [0.5, 0.6) is 0 Å². The van der Waals surface area contributed by atoms with E-state index in [-0.39, 0.29) is 11.9 Å². The van der Waals surface area contributed by atoms with E-state index >= 15 is 0 Å². The summed E-state index contributed by atoms with van der Waals surface area (Å²) in [6, 6.07) is 6.80. The van der Waals surface area contributed by atoms with Gasteiger partial charge in [-0.25, -0.2) is 0 Å². The number of pyridine rings is 1. The lowest BCUT2D eigenvalue weighted by molar-refractivity contribution is 0.0671. The van der Waals surface area contributed by atoms with Crippen LogP contribution >= 0.6 is 0 Å². The van der Waals surface area contributed by atoms with Crippen molar-refractivity contribution >= 4 is 5.91 Å². The van der Waals surface area contributed by atoms with Crippen molar-refractivity contribution in [2.45, 2.75) is 43.8 Å². The van der Waals surface area contributed by atoms with E-state index in [0.717, 1.165) is 18.4 Å². The smallest absolute Gasteiger partial charge is 0.276 e. The van der Waals surface area contributed by atoms with Gasteiger partial charge in [-0.05, 0) is 37.8 Å². The summed E-state index contributed by atoms with van der Waals surface area (Å²) in [4.78, 5) is 18.6. The fourth-order valence-electron chi connectivity index (χ4n) is 3.71. The van der Waals surface area contributed by atoms with Crippen LogP contribution in [0.1, 0.15) is 36.2 Å². The normalized spacial score (nSPS) is 26.2. The first-order valence-electron chi connectivity index (χ1n) is 8.11. The number of aromatic nitrogens is 2. The van der Waals surface area contributed by atoms with Gasteiger partial charge in [0.05, 0.1) is 0 Å². The summed E-state index contributed by atoms with van der Waals surface area (Å²) in [6.45, 7) is 0. The molecule has 0 radical (unpaired) electrons. The fraction of sp³-hybridized carbons (Fsp3) is 0.471. The van der Waals surface area contributed by atoms with E-state index in [4.69, 9.17) is 4.52 Å².